The lowest BCUT2D eigenvalue weighted by Gasteiger charge is -2.28. The average Bonchev–Trinajstić information content (AvgIpc) is 2.45. The van der Waals surface area contributed by atoms with Gasteiger partial charge in [-0.2, -0.15) is 0 Å². The van der Waals surface area contributed by atoms with Crippen molar-refractivity contribution in [2.24, 2.45) is 0 Å². The number of nitrogens with zero attached hydrogens (tertiary/aromatic N) is 1. The van der Waals surface area contributed by atoms with E-state index in [2.05, 4.69) is 53.7 Å². The van der Waals surface area contributed by atoms with Gasteiger partial charge in [-0.25, -0.2) is 0 Å². The van der Waals surface area contributed by atoms with Gasteiger partial charge >= 0.3 is 0 Å². The molecule has 0 saturated heterocycles. The molecular formula is C17H21ClN2. The number of halogens is 1. The number of hydrogen-bond acceptors (Lipinski definition) is 2. The molecule has 0 spiro atoms. The molecule has 1 N–H and O–H groups in total. The first-order chi connectivity index (χ1) is 9.70. The minimum Gasteiger partial charge on any atom is -0.318 e. The maximum atomic E-state index is 6.06. The Morgan fingerprint density at radius 2 is 1.85 bits per heavy atom. The third-order valence-electron chi connectivity index (χ3n) is 3.43. The van der Waals surface area contributed by atoms with Crippen LogP contribution in [0.25, 0.3) is 0 Å². The van der Waals surface area contributed by atoms with E-state index in [0.29, 0.717) is 6.04 Å². The predicted octanol–water partition coefficient (Wildman–Crippen LogP) is 3.73. The minimum absolute atomic E-state index is 0.347. The maximum Gasteiger partial charge on any atom is 0.0473 e. The smallest absolute Gasteiger partial charge is 0.0473 e. The first-order valence-corrected chi connectivity index (χ1v) is 7.22. The van der Waals surface area contributed by atoms with Crippen LogP contribution in [0.4, 0.5) is 0 Å². The van der Waals surface area contributed by atoms with Gasteiger partial charge in [0, 0.05) is 24.2 Å². The highest BCUT2D eigenvalue weighted by Crippen LogP contribution is 2.21. The van der Waals surface area contributed by atoms with Gasteiger partial charge in [0.2, 0.25) is 0 Å². The van der Waals surface area contributed by atoms with Gasteiger partial charge in [-0.05, 0) is 37.4 Å². The lowest BCUT2D eigenvalue weighted by Crippen LogP contribution is -2.31. The predicted molar refractivity (Wildman–Crippen MR) is 86.0 cm³/mol. The summed E-state index contributed by atoms with van der Waals surface area (Å²) in [5, 5.41) is 4.07. The van der Waals surface area contributed by atoms with Gasteiger partial charge in [-0.1, -0.05) is 54.1 Å². The Kier molecular flexibility index (Phi) is 5.60. The Morgan fingerprint density at radius 1 is 1.10 bits per heavy atom. The van der Waals surface area contributed by atoms with Crippen LogP contribution in [0.15, 0.2) is 54.6 Å². The SMILES string of the molecule is CNCC(c1ccccc1)N(C)Cc1cccc(Cl)c1. The van der Waals surface area contributed by atoms with Crippen LogP contribution in [-0.4, -0.2) is 25.5 Å². The largest absolute Gasteiger partial charge is 0.318 e. The van der Waals surface area contributed by atoms with Crippen molar-refractivity contribution < 1.29 is 0 Å². The van der Waals surface area contributed by atoms with E-state index < -0.39 is 0 Å². The second-order valence-corrected chi connectivity index (χ2v) is 5.47. The van der Waals surface area contributed by atoms with Crippen LogP contribution in [0.1, 0.15) is 17.2 Å². The number of nitrogens with one attached hydrogen (secondary N) is 1. The molecule has 2 rings (SSSR count). The fraction of sp³-hybridized carbons (Fsp3) is 0.294. The highest BCUT2D eigenvalue weighted by atomic mass is 35.5. The summed E-state index contributed by atoms with van der Waals surface area (Å²) in [7, 11) is 4.14. The Labute approximate surface area is 126 Å². The van der Waals surface area contributed by atoms with E-state index in [1.807, 2.05) is 25.2 Å². The third-order valence-corrected chi connectivity index (χ3v) is 3.67. The monoisotopic (exact) mass is 288 g/mol. The van der Waals surface area contributed by atoms with Gasteiger partial charge in [-0.15, -0.1) is 0 Å². The van der Waals surface area contributed by atoms with E-state index in [1.165, 1.54) is 11.1 Å². The minimum atomic E-state index is 0.347. The van der Waals surface area contributed by atoms with Crippen LogP contribution in [-0.2, 0) is 6.54 Å². The molecule has 0 fully saturated rings. The van der Waals surface area contributed by atoms with Gasteiger partial charge in [0.1, 0.15) is 0 Å². The zero-order chi connectivity index (χ0) is 14.4. The zero-order valence-electron chi connectivity index (χ0n) is 12.0. The number of hydrogen-bond donors (Lipinski definition) is 1. The number of rotatable bonds is 6. The molecule has 0 aromatic heterocycles. The third kappa shape index (κ3) is 4.07. The van der Waals surface area contributed by atoms with Gasteiger partial charge in [-0.3, -0.25) is 4.90 Å². The molecule has 0 saturated carbocycles. The van der Waals surface area contributed by atoms with Crippen molar-refractivity contribution in [2.45, 2.75) is 12.6 Å². The summed E-state index contributed by atoms with van der Waals surface area (Å²) in [4.78, 5) is 2.34. The molecule has 2 nitrogen and oxygen atoms in total. The Bertz CT molecular complexity index is 528. The molecule has 106 valence electrons. The van der Waals surface area contributed by atoms with E-state index >= 15 is 0 Å². The molecule has 0 aliphatic rings. The highest BCUT2D eigenvalue weighted by molar-refractivity contribution is 6.30. The van der Waals surface area contributed by atoms with E-state index in [1.54, 1.807) is 0 Å². The Balaban J connectivity index is 2.13. The van der Waals surface area contributed by atoms with Gasteiger partial charge < -0.3 is 5.32 Å². The molecular weight excluding hydrogens is 268 g/mol. The summed E-state index contributed by atoms with van der Waals surface area (Å²) in [5.74, 6) is 0. The summed E-state index contributed by atoms with van der Waals surface area (Å²) < 4.78 is 0. The summed E-state index contributed by atoms with van der Waals surface area (Å²) in [6, 6.07) is 19.0. The normalized spacial score (nSPS) is 12.6. The molecule has 0 aliphatic heterocycles. The standard InChI is InChI=1S/C17H21ClN2/c1-19-12-17(15-8-4-3-5-9-15)20(2)13-14-7-6-10-16(18)11-14/h3-11,17,19H,12-13H2,1-2H3. The van der Waals surface area contributed by atoms with E-state index in [9.17, 15) is 0 Å². The van der Waals surface area contributed by atoms with Crippen LogP contribution < -0.4 is 5.32 Å². The Hall–Kier alpha value is -1.35. The fourth-order valence-electron chi connectivity index (χ4n) is 2.43. The summed E-state index contributed by atoms with van der Waals surface area (Å²) in [6.45, 7) is 1.79. The topological polar surface area (TPSA) is 15.3 Å². The average molecular weight is 289 g/mol. The molecule has 0 aliphatic carbocycles. The van der Waals surface area contributed by atoms with Crippen molar-refractivity contribution >= 4 is 11.6 Å². The van der Waals surface area contributed by atoms with Crippen LogP contribution in [0.3, 0.4) is 0 Å². The lowest BCUT2D eigenvalue weighted by molar-refractivity contribution is 0.233. The van der Waals surface area contributed by atoms with E-state index in [4.69, 9.17) is 11.6 Å². The molecule has 1 unspecified atom stereocenters. The van der Waals surface area contributed by atoms with Gasteiger partial charge in [0.25, 0.3) is 0 Å². The van der Waals surface area contributed by atoms with Crippen molar-refractivity contribution in [1.29, 1.82) is 0 Å². The molecule has 20 heavy (non-hydrogen) atoms. The van der Waals surface area contributed by atoms with Crippen LogP contribution in [0.5, 0.6) is 0 Å². The van der Waals surface area contributed by atoms with Crippen molar-refractivity contribution in [3.63, 3.8) is 0 Å². The maximum absolute atomic E-state index is 6.06. The summed E-state index contributed by atoms with van der Waals surface area (Å²) >= 11 is 6.06. The van der Waals surface area contributed by atoms with E-state index in [-0.39, 0.29) is 0 Å². The first kappa shape index (κ1) is 15.0. The summed E-state index contributed by atoms with van der Waals surface area (Å²) in [5.41, 5.74) is 2.56. The molecule has 2 aromatic carbocycles. The van der Waals surface area contributed by atoms with Crippen molar-refractivity contribution in [3.8, 4) is 0 Å². The number of likely N-dealkylation sites (N-methyl/N-ethyl adjacent to an activating group) is 2. The first-order valence-electron chi connectivity index (χ1n) is 6.85. The molecule has 2 aromatic rings. The van der Waals surface area contributed by atoms with E-state index in [0.717, 1.165) is 18.1 Å². The molecule has 3 heteroatoms. The van der Waals surface area contributed by atoms with Gasteiger partial charge in [0.15, 0.2) is 0 Å². The molecule has 0 radical (unpaired) electrons. The molecule has 0 heterocycles. The van der Waals surface area contributed by atoms with Gasteiger partial charge in [0.05, 0.1) is 0 Å². The second kappa shape index (κ2) is 7.44. The zero-order valence-corrected chi connectivity index (χ0v) is 12.8. The molecule has 0 bridgehead atoms. The second-order valence-electron chi connectivity index (χ2n) is 5.03. The highest BCUT2D eigenvalue weighted by Gasteiger charge is 2.16. The van der Waals surface area contributed by atoms with Crippen LogP contribution >= 0.6 is 11.6 Å². The van der Waals surface area contributed by atoms with Crippen molar-refractivity contribution in [3.05, 3.63) is 70.7 Å². The van der Waals surface area contributed by atoms with Crippen LogP contribution in [0, 0.1) is 0 Å². The number of benzene rings is 2. The molecule has 1 atom stereocenters. The Morgan fingerprint density at radius 3 is 2.50 bits per heavy atom. The fourth-order valence-corrected chi connectivity index (χ4v) is 2.64. The van der Waals surface area contributed by atoms with Crippen molar-refractivity contribution in [2.75, 3.05) is 20.6 Å². The lowest BCUT2D eigenvalue weighted by atomic mass is 10.0. The van der Waals surface area contributed by atoms with Crippen LogP contribution in [0.2, 0.25) is 5.02 Å². The van der Waals surface area contributed by atoms with Crippen molar-refractivity contribution in [1.82, 2.24) is 10.2 Å². The summed E-state index contributed by atoms with van der Waals surface area (Å²) in [6.07, 6.45) is 0. The molecule has 0 amide bonds. The quantitative estimate of drug-likeness (QED) is 0.871.